The summed E-state index contributed by atoms with van der Waals surface area (Å²) in [6.45, 7) is 5.52. The zero-order valence-electron chi connectivity index (χ0n) is 10.8. The summed E-state index contributed by atoms with van der Waals surface area (Å²) >= 11 is 2.05. The van der Waals surface area contributed by atoms with E-state index in [0.29, 0.717) is 0 Å². The van der Waals surface area contributed by atoms with Crippen LogP contribution in [0.3, 0.4) is 0 Å². The average molecular weight is 332 g/mol. The smallest absolute Gasteiger partial charge is 0.408 e. The highest BCUT2D eigenvalue weighted by molar-refractivity contribution is 9.10. The minimum Gasteiger partial charge on any atom is -0.467 e. The number of amides is 1. The molecule has 0 aliphatic rings. The van der Waals surface area contributed by atoms with Crippen LogP contribution in [0.4, 0.5) is 13.6 Å². The number of carbonyl (C=O) groups excluding carboxylic acids is 2. The zero-order chi connectivity index (χ0) is 14.8. The third-order valence-corrected chi connectivity index (χ3v) is 2.70. The van der Waals surface area contributed by atoms with E-state index in [1.807, 2.05) is 21.2 Å². The summed E-state index contributed by atoms with van der Waals surface area (Å²) < 4.78 is 35.8. The van der Waals surface area contributed by atoms with Crippen LogP contribution in [0.1, 0.15) is 27.7 Å². The Labute approximate surface area is 112 Å². The lowest BCUT2D eigenvalue weighted by atomic mass is 10.0. The van der Waals surface area contributed by atoms with Gasteiger partial charge in [-0.1, -0.05) is 0 Å². The minimum absolute atomic E-state index is 0.831. The first kappa shape index (κ1) is 17.1. The number of ether oxygens (including phenoxy) is 2. The van der Waals surface area contributed by atoms with Gasteiger partial charge in [0.15, 0.2) is 0 Å². The Morgan fingerprint density at radius 1 is 1.17 bits per heavy atom. The van der Waals surface area contributed by atoms with Crippen molar-refractivity contribution in [2.45, 2.75) is 43.7 Å². The fourth-order valence-electron chi connectivity index (χ4n) is 0.949. The van der Waals surface area contributed by atoms with Gasteiger partial charge in [0.2, 0.25) is 5.54 Å². The van der Waals surface area contributed by atoms with E-state index in [0.717, 1.165) is 14.0 Å². The molecule has 0 rings (SSSR count). The predicted octanol–water partition coefficient (Wildman–Crippen LogP) is 2.43. The second kappa shape index (κ2) is 5.38. The third kappa shape index (κ3) is 4.40. The van der Waals surface area contributed by atoms with Gasteiger partial charge in [-0.2, -0.15) is 8.78 Å². The molecule has 1 atom stereocenters. The Balaban J connectivity index is 5.06. The van der Waals surface area contributed by atoms with Crippen molar-refractivity contribution in [3.8, 4) is 0 Å². The lowest BCUT2D eigenvalue weighted by molar-refractivity contribution is -0.156. The highest BCUT2D eigenvalue weighted by Crippen LogP contribution is 2.35. The maximum atomic E-state index is 13.3. The number of hydrogen-bond acceptors (Lipinski definition) is 4. The standard InChI is InChI=1S/C10H16BrF2NO4/c1-8(2,3)18-7(16)14-9(4,6(15)17-5)10(11,12)13/h1-5H3,(H,14,16). The largest absolute Gasteiger partial charge is 0.467 e. The summed E-state index contributed by atoms with van der Waals surface area (Å²) in [5, 5.41) is 1.81. The molecule has 5 nitrogen and oxygen atoms in total. The summed E-state index contributed by atoms with van der Waals surface area (Å²) in [7, 11) is 0.941. The van der Waals surface area contributed by atoms with Gasteiger partial charge in [0.1, 0.15) is 5.60 Å². The quantitative estimate of drug-likeness (QED) is 0.637. The highest BCUT2D eigenvalue weighted by Gasteiger charge is 2.57. The molecule has 0 heterocycles. The number of alkyl carbamates (subject to hydrolysis) is 1. The van der Waals surface area contributed by atoms with Crippen LogP contribution < -0.4 is 5.32 Å². The van der Waals surface area contributed by atoms with Gasteiger partial charge < -0.3 is 9.47 Å². The van der Waals surface area contributed by atoms with Crippen LogP contribution in [0.25, 0.3) is 0 Å². The van der Waals surface area contributed by atoms with Crippen LogP contribution in [0.5, 0.6) is 0 Å². The van der Waals surface area contributed by atoms with Gasteiger partial charge in [0, 0.05) is 0 Å². The molecule has 0 aliphatic carbocycles. The highest BCUT2D eigenvalue weighted by atomic mass is 79.9. The maximum Gasteiger partial charge on any atom is 0.408 e. The van der Waals surface area contributed by atoms with E-state index in [-0.39, 0.29) is 0 Å². The molecule has 1 amide bonds. The number of carbonyl (C=O) groups is 2. The number of rotatable bonds is 3. The van der Waals surface area contributed by atoms with Crippen LogP contribution in [0.2, 0.25) is 0 Å². The Bertz CT molecular complexity index is 338. The number of halogens is 3. The van der Waals surface area contributed by atoms with Crippen molar-refractivity contribution >= 4 is 28.0 Å². The maximum absolute atomic E-state index is 13.3. The molecule has 0 aromatic heterocycles. The van der Waals surface area contributed by atoms with Gasteiger partial charge in [-0.3, -0.25) is 5.32 Å². The van der Waals surface area contributed by atoms with E-state index in [9.17, 15) is 18.4 Å². The summed E-state index contributed by atoms with van der Waals surface area (Å²) in [5.41, 5.74) is -3.44. The lowest BCUT2D eigenvalue weighted by Gasteiger charge is -2.32. The van der Waals surface area contributed by atoms with Crippen LogP contribution >= 0.6 is 15.9 Å². The molecule has 0 radical (unpaired) electrons. The number of esters is 1. The van der Waals surface area contributed by atoms with E-state index in [2.05, 4.69) is 4.74 Å². The normalized spacial score (nSPS) is 15.6. The topological polar surface area (TPSA) is 64.6 Å². The fraction of sp³-hybridized carbons (Fsp3) is 0.800. The Hall–Kier alpha value is -0.920. The first-order valence-corrected chi connectivity index (χ1v) is 5.79. The first-order chi connectivity index (χ1) is 7.83. The number of nitrogens with one attached hydrogen (secondary N) is 1. The van der Waals surface area contributed by atoms with E-state index < -0.39 is 28.0 Å². The van der Waals surface area contributed by atoms with Gasteiger partial charge >= 0.3 is 16.9 Å². The van der Waals surface area contributed by atoms with Crippen molar-refractivity contribution in [3.05, 3.63) is 0 Å². The second-order valence-electron chi connectivity index (χ2n) is 4.74. The van der Waals surface area contributed by atoms with Gasteiger partial charge in [0.05, 0.1) is 7.11 Å². The van der Waals surface area contributed by atoms with Crippen molar-refractivity contribution in [1.29, 1.82) is 0 Å². The van der Waals surface area contributed by atoms with Gasteiger partial charge in [-0.05, 0) is 43.6 Å². The Kier molecular flexibility index (Phi) is 5.10. The molecular weight excluding hydrogens is 316 g/mol. The number of alkyl halides is 3. The number of hydrogen-bond donors (Lipinski definition) is 1. The van der Waals surface area contributed by atoms with Crippen molar-refractivity contribution in [1.82, 2.24) is 5.32 Å². The van der Waals surface area contributed by atoms with E-state index in [1.54, 1.807) is 20.8 Å². The molecule has 0 saturated carbocycles. The van der Waals surface area contributed by atoms with Crippen molar-refractivity contribution in [2.24, 2.45) is 0 Å². The molecule has 0 saturated heterocycles. The van der Waals surface area contributed by atoms with Gasteiger partial charge in [0.25, 0.3) is 0 Å². The van der Waals surface area contributed by atoms with Crippen molar-refractivity contribution in [3.63, 3.8) is 0 Å². The molecule has 0 aliphatic heterocycles. The van der Waals surface area contributed by atoms with Crippen LogP contribution in [-0.4, -0.2) is 35.1 Å². The van der Waals surface area contributed by atoms with E-state index >= 15 is 0 Å². The fourth-order valence-corrected chi connectivity index (χ4v) is 1.21. The molecule has 1 unspecified atom stereocenters. The van der Waals surface area contributed by atoms with Crippen molar-refractivity contribution < 1.29 is 27.8 Å². The summed E-state index contributed by atoms with van der Waals surface area (Å²) in [4.78, 5) is 19.1. The lowest BCUT2D eigenvalue weighted by Crippen LogP contribution is -2.62. The molecule has 106 valence electrons. The van der Waals surface area contributed by atoms with E-state index in [4.69, 9.17) is 4.74 Å². The molecule has 1 N–H and O–H groups in total. The van der Waals surface area contributed by atoms with Crippen molar-refractivity contribution in [2.75, 3.05) is 7.11 Å². The molecule has 8 heteroatoms. The summed E-state index contributed by atoms with van der Waals surface area (Å²) in [6.07, 6.45) is -1.14. The zero-order valence-corrected chi connectivity index (χ0v) is 12.4. The predicted molar refractivity (Wildman–Crippen MR) is 63.7 cm³/mol. The summed E-state index contributed by atoms with van der Waals surface area (Å²) in [5.74, 6) is -1.30. The molecule has 0 fully saturated rings. The third-order valence-electron chi connectivity index (χ3n) is 1.91. The second-order valence-corrected chi connectivity index (χ2v) is 5.74. The van der Waals surface area contributed by atoms with Gasteiger partial charge in [-0.25, -0.2) is 9.59 Å². The Morgan fingerprint density at radius 3 is 1.89 bits per heavy atom. The van der Waals surface area contributed by atoms with Crippen LogP contribution in [0, 0.1) is 0 Å². The minimum atomic E-state index is -3.69. The molecule has 0 bridgehead atoms. The number of methoxy groups -OCH3 is 1. The van der Waals surface area contributed by atoms with Gasteiger partial charge in [-0.15, -0.1) is 0 Å². The molecule has 0 aromatic carbocycles. The summed E-state index contributed by atoms with van der Waals surface area (Å²) in [6, 6.07) is 0. The van der Waals surface area contributed by atoms with Crippen LogP contribution in [-0.2, 0) is 14.3 Å². The average Bonchev–Trinajstić information content (AvgIpc) is 2.11. The SMILES string of the molecule is COC(=O)C(C)(NC(=O)OC(C)(C)C)C(F)(F)Br. The molecule has 0 aromatic rings. The molecule has 0 spiro atoms. The monoisotopic (exact) mass is 331 g/mol. The first-order valence-electron chi connectivity index (χ1n) is 5.00. The molecular formula is C10H16BrF2NO4. The Morgan fingerprint density at radius 2 is 1.61 bits per heavy atom. The van der Waals surface area contributed by atoms with E-state index in [1.165, 1.54) is 0 Å². The van der Waals surface area contributed by atoms with Crippen LogP contribution in [0.15, 0.2) is 0 Å². The molecule has 18 heavy (non-hydrogen) atoms.